The lowest BCUT2D eigenvalue weighted by Gasteiger charge is -2.21. The maximum absolute atomic E-state index is 2.45. The molecule has 0 aliphatic rings. The zero-order valence-corrected chi connectivity index (χ0v) is 35.5. The van der Waals surface area contributed by atoms with Crippen molar-refractivity contribution in [2.24, 2.45) is 0 Å². The molecule has 9 aromatic carbocycles. The van der Waals surface area contributed by atoms with E-state index < -0.39 is 0 Å². The number of benzene rings is 9. The first-order valence-corrected chi connectivity index (χ1v) is 21.6. The second kappa shape index (κ2) is 14.2. The fraction of sp³-hybridized carbons (Fsp3) is 0.138. The molecule has 1 heterocycles. The Morgan fingerprint density at radius 1 is 0.305 bits per heavy atom. The molecule has 0 radical (unpaired) electrons. The van der Waals surface area contributed by atoms with Gasteiger partial charge < -0.3 is 0 Å². The number of thiophene rings is 1. The SMILES string of the molecule is CC(C)(C)c1ccc2sc3c(-c4ccc(-c5cccc(-c6cccc(-c7ccc(-c8cc9ccccc9c9ccccc89)cc7)c6)c5)cc4)cc(C(C)(C)C)cc3c2c1. The van der Waals surface area contributed by atoms with Crippen LogP contribution in [0.5, 0.6) is 0 Å². The van der Waals surface area contributed by atoms with Gasteiger partial charge in [0.05, 0.1) is 0 Å². The number of rotatable bonds is 5. The quantitative estimate of drug-likeness (QED) is 0.153. The Morgan fingerprint density at radius 3 is 1.39 bits per heavy atom. The van der Waals surface area contributed by atoms with Crippen molar-refractivity contribution in [3.8, 4) is 55.6 Å². The third-order valence-corrected chi connectivity index (χ3v) is 13.4. The van der Waals surface area contributed by atoms with Crippen LogP contribution in [0.1, 0.15) is 52.7 Å². The zero-order valence-electron chi connectivity index (χ0n) is 34.7. The fourth-order valence-corrected chi connectivity index (χ4v) is 9.93. The van der Waals surface area contributed by atoms with Gasteiger partial charge in [0.2, 0.25) is 0 Å². The lowest BCUT2D eigenvalue weighted by molar-refractivity contribution is 0.590. The van der Waals surface area contributed by atoms with Gasteiger partial charge in [-0.3, -0.25) is 0 Å². The molecule has 10 aromatic rings. The van der Waals surface area contributed by atoms with Crippen molar-refractivity contribution < 1.29 is 0 Å². The Hall–Kier alpha value is -6.28. The molecule has 0 saturated carbocycles. The Labute approximate surface area is 352 Å². The Bertz CT molecular complexity index is 3200. The molecule has 0 aliphatic heterocycles. The van der Waals surface area contributed by atoms with Crippen molar-refractivity contribution in [3.05, 3.63) is 193 Å². The van der Waals surface area contributed by atoms with Gasteiger partial charge in [-0.2, -0.15) is 0 Å². The molecule has 0 bridgehead atoms. The summed E-state index contributed by atoms with van der Waals surface area (Å²) in [5.74, 6) is 0. The molecule has 286 valence electrons. The van der Waals surface area contributed by atoms with Crippen molar-refractivity contribution in [2.45, 2.75) is 52.4 Å². The normalized spacial score (nSPS) is 12.2. The molecule has 1 heteroatoms. The van der Waals surface area contributed by atoms with Gasteiger partial charge in [0, 0.05) is 20.2 Å². The highest BCUT2D eigenvalue weighted by Gasteiger charge is 2.21. The maximum Gasteiger partial charge on any atom is 0.0434 e. The molecule has 0 nitrogen and oxygen atoms in total. The first-order valence-electron chi connectivity index (χ1n) is 20.8. The monoisotopic (exact) mass is 776 g/mol. The summed E-state index contributed by atoms with van der Waals surface area (Å²) in [5.41, 5.74) is 15.3. The van der Waals surface area contributed by atoms with Crippen LogP contribution in [0.3, 0.4) is 0 Å². The minimum absolute atomic E-state index is 0.0349. The van der Waals surface area contributed by atoms with E-state index in [-0.39, 0.29) is 10.8 Å². The van der Waals surface area contributed by atoms with Crippen molar-refractivity contribution in [1.29, 1.82) is 0 Å². The standard InChI is InChI=1S/C58H48S/c1-57(2,3)46-29-30-55-53(34-46)54-36-47(58(4,5)6)35-52(56(54)59-55)40-27-23-38(24-28-40)42-15-12-17-44(32-42)43-16-11-14-41(31-43)37-21-25-39(26-22-37)51-33-45-13-7-8-18-48(45)49-19-9-10-20-50(49)51/h7-36H,1-6H3. The molecule has 1 aromatic heterocycles. The summed E-state index contributed by atoms with van der Waals surface area (Å²) in [6, 6.07) is 68.0. The van der Waals surface area contributed by atoms with Gasteiger partial charge in [0.25, 0.3) is 0 Å². The molecule has 0 N–H and O–H groups in total. The largest absolute Gasteiger partial charge is 0.135 e. The first-order chi connectivity index (χ1) is 28.5. The maximum atomic E-state index is 2.45. The van der Waals surface area contributed by atoms with E-state index in [1.54, 1.807) is 0 Å². The molecule has 0 atom stereocenters. The van der Waals surface area contributed by atoms with E-state index in [2.05, 4.69) is 224 Å². The van der Waals surface area contributed by atoms with Crippen LogP contribution in [0.15, 0.2) is 182 Å². The van der Waals surface area contributed by atoms with Crippen molar-refractivity contribution in [1.82, 2.24) is 0 Å². The summed E-state index contributed by atoms with van der Waals surface area (Å²) >= 11 is 1.92. The molecule has 59 heavy (non-hydrogen) atoms. The predicted octanol–water partition coefficient (Wildman–Crippen LogP) is 17.3. The molecule has 0 aliphatic carbocycles. The van der Waals surface area contributed by atoms with Crippen LogP contribution in [0.2, 0.25) is 0 Å². The molecule has 0 spiro atoms. The highest BCUT2D eigenvalue weighted by Crippen LogP contribution is 2.44. The lowest BCUT2D eigenvalue weighted by atomic mass is 9.83. The highest BCUT2D eigenvalue weighted by molar-refractivity contribution is 7.26. The predicted molar refractivity (Wildman–Crippen MR) is 259 cm³/mol. The zero-order chi connectivity index (χ0) is 40.5. The summed E-state index contributed by atoms with van der Waals surface area (Å²) in [5, 5.41) is 7.89. The fourth-order valence-electron chi connectivity index (χ4n) is 8.73. The van der Waals surface area contributed by atoms with E-state index in [0.29, 0.717) is 0 Å². The molecule has 10 rings (SSSR count). The van der Waals surface area contributed by atoms with Gasteiger partial charge in [-0.15, -0.1) is 11.3 Å². The molecule has 0 fully saturated rings. The summed E-state index contributed by atoms with van der Waals surface area (Å²) in [6.45, 7) is 13.9. The van der Waals surface area contributed by atoms with Gasteiger partial charge in [-0.05, 0) is 142 Å². The van der Waals surface area contributed by atoms with Crippen molar-refractivity contribution >= 4 is 53.1 Å². The van der Waals surface area contributed by atoms with Gasteiger partial charge in [-0.1, -0.05) is 181 Å². The van der Waals surface area contributed by atoms with Crippen LogP contribution in [0.4, 0.5) is 0 Å². The van der Waals surface area contributed by atoms with Crippen molar-refractivity contribution in [2.75, 3.05) is 0 Å². The van der Waals surface area contributed by atoms with Crippen LogP contribution in [0.25, 0.3) is 97.4 Å². The number of hydrogen-bond donors (Lipinski definition) is 0. The van der Waals surface area contributed by atoms with E-state index in [0.717, 1.165) is 0 Å². The summed E-state index contributed by atoms with van der Waals surface area (Å²) in [7, 11) is 0. The number of hydrogen-bond acceptors (Lipinski definition) is 1. The number of fused-ring (bicyclic) bond motifs is 6. The van der Waals surface area contributed by atoms with Gasteiger partial charge in [-0.25, -0.2) is 0 Å². The first kappa shape index (κ1) is 37.0. The van der Waals surface area contributed by atoms with Crippen LogP contribution in [0, 0.1) is 0 Å². The van der Waals surface area contributed by atoms with E-state index in [9.17, 15) is 0 Å². The van der Waals surface area contributed by atoms with Gasteiger partial charge >= 0.3 is 0 Å². The van der Waals surface area contributed by atoms with Crippen LogP contribution in [-0.2, 0) is 10.8 Å². The van der Waals surface area contributed by atoms with Crippen LogP contribution >= 0.6 is 11.3 Å². The summed E-state index contributed by atoms with van der Waals surface area (Å²) in [4.78, 5) is 0. The Morgan fingerprint density at radius 2 is 0.797 bits per heavy atom. The third kappa shape index (κ3) is 6.84. The summed E-state index contributed by atoms with van der Waals surface area (Å²) in [6.07, 6.45) is 0. The second-order valence-electron chi connectivity index (χ2n) is 18.2. The minimum atomic E-state index is 0.0349. The molecule has 0 amide bonds. The topological polar surface area (TPSA) is 0 Å². The van der Waals surface area contributed by atoms with E-state index >= 15 is 0 Å². The van der Waals surface area contributed by atoms with Crippen molar-refractivity contribution in [3.63, 3.8) is 0 Å². The minimum Gasteiger partial charge on any atom is -0.135 e. The van der Waals surface area contributed by atoms with E-state index in [4.69, 9.17) is 0 Å². The summed E-state index contributed by atoms with van der Waals surface area (Å²) < 4.78 is 2.72. The lowest BCUT2D eigenvalue weighted by Crippen LogP contribution is -2.11. The highest BCUT2D eigenvalue weighted by atomic mass is 32.1. The van der Waals surface area contributed by atoms with Gasteiger partial charge in [0.15, 0.2) is 0 Å². The third-order valence-electron chi connectivity index (χ3n) is 12.2. The Kier molecular flexibility index (Phi) is 8.92. The molecular formula is C58H48S. The Balaban J connectivity index is 0.956. The van der Waals surface area contributed by atoms with E-state index in [1.165, 1.54) is 108 Å². The van der Waals surface area contributed by atoms with Gasteiger partial charge in [0.1, 0.15) is 0 Å². The molecule has 0 unspecified atom stereocenters. The smallest absolute Gasteiger partial charge is 0.0434 e. The average Bonchev–Trinajstić information content (AvgIpc) is 3.64. The van der Waals surface area contributed by atoms with Crippen LogP contribution < -0.4 is 0 Å². The molecule has 0 saturated heterocycles. The second-order valence-corrected chi connectivity index (χ2v) is 19.3. The van der Waals surface area contributed by atoms with E-state index in [1.807, 2.05) is 11.3 Å². The van der Waals surface area contributed by atoms with Crippen LogP contribution in [-0.4, -0.2) is 0 Å². The molecular weight excluding hydrogens is 729 g/mol. The average molecular weight is 777 g/mol.